The Morgan fingerprint density at radius 1 is 1.17 bits per heavy atom. The summed E-state index contributed by atoms with van der Waals surface area (Å²) < 4.78 is 10.8. The highest BCUT2D eigenvalue weighted by Crippen LogP contribution is 2.28. The summed E-state index contributed by atoms with van der Waals surface area (Å²) in [5.74, 6) is 1.24. The Labute approximate surface area is 144 Å². The number of para-hydroxylation sites is 2. The van der Waals surface area contributed by atoms with Crippen molar-refractivity contribution in [1.82, 2.24) is 16.0 Å². The van der Waals surface area contributed by atoms with Gasteiger partial charge in [-0.3, -0.25) is 0 Å². The minimum Gasteiger partial charge on any atom is -0.493 e. The van der Waals surface area contributed by atoms with Gasteiger partial charge in [0.05, 0.1) is 7.11 Å². The maximum absolute atomic E-state index is 12.1. The van der Waals surface area contributed by atoms with Crippen LogP contribution in [0.4, 0.5) is 4.79 Å². The number of rotatable bonds is 5. The van der Waals surface area contributed by atoms with Crippen molar-refractivity contribution >= 4 is 6.03 Å². The van der Waals surface area contributed by atoms with Gasteiger partial charge in [-0.2, -0.15) is 0 Å². The van der Waals surface area contributed by atoms with E-state index in [-0.39, 0.29) is 29.9 Å². The maximum Gasteiger partial charge on any atom is 0.317 e. The number of carbonyl (C=O) groups is 1. The molecule has 24 heavy (non-hydrogen) atoms. The largest absolute Gasteiger partial charge is 0.493 e. The average Bonchev–Trinajstić information content (AvgIpc) is 2.44. The lowest BCUT2D eigenvalue weighted by Gasteiger charge is -2.46. The average molecular weight is 335 g/mol. The number of methoxy groups -OCH3 is 1. The molecule has 6 heteroatoms. The number of benzene rings is 1. The van der Waals surface area contributed by atoms with Crippen molar-refractivity contribution < 1.29 is 14.3 Å². The summed E-state index contributed by atoms with van der Waals surface area (Å²) in [6.07, 6.45) is 1.77. The summed E-state index contributed by atoms with van der Waals surface area (Å²) in [4.78, 5) is 12.1. The zero-order chi connectivity index (χ0) is 17.8. The molecule has 0 atom stereocenters. The van der Waals surface area contributed by atoms with Crippen molar-refractivity contribution in [3.05, 3.63) is 24.3 Å². The summed E-state index contributed by atoms with van der Waals surface area (Å²) in [7, 11) is 1.59. The van der Waals surface area contributed by atoms with Crippen molar-refractivity contribution in [2.75, 3.05) is 13.8 Å². The SMILES string of the molecule is COc1ccccc1OCNC(=O)NC1CC(C)(C)NC(C)(C)C1. The molecule has 1 aliphatic heterocycles. The quantitative estimate of drug-likeness (QED) is 0.724. The molecular weight excluding hydrogens is 306 g/mol. The number of ether oxygens (including phenoxy) is 2. The first-order valence-electron chi connectivity index (χ1n) is 8.30. The molecule has 1 aliphatic rings. The Morgan fingerprint density at radius 3 is 2.33 bits per heavy atom. The first-order valence-corrected chi connectivity index (χ1v) is 8.30. The molecule has 1 heterocycles. The topological polar surface area (TPSA) is 71.6 Å². The molecule has 2 amide bonds. The normalized spacial score (nSPS) is 19.4. The Balaban J connectivity index is 1.81. The predicted octanol–water partition coefficient (Wildman–Crippen LogP) is 2.64. The van der Waals surface area contributed by atoms with Gasteiger partial charge in [-0.15, -0.1) is 0 Å². The van der Waals surface area contributed by atoms with E-state index < -0.39 is 0 Å². The first-order chi connectivity index (χ1) is 11.2. The van der Waals surface area contributed by atoms with E-state index in [1.54, 1.807) is 13.2 Å². The molecular formula is C18H29N3O3. The lowest BCUT2D eigenvalue weighted by atomic mass is 9.80. The minimum absolute atomic E-state index is 0.00635. The van der Waals surface area contributed by atoms with Crippen LogP contribution in [0.5, 0.6) is 11.5 Å². The van der Waals surface area contributed by atoms with Crippen molar-refractivity contribution in [1.29, 1.82) is 0 Å². The molecule has 134 valence electrons. The smallest absolute Gasteiger partial charge is 0.317 e. The highest BCUT2D eigenvalue weighted by molar-refractivity contribution is 5.74. The maximum atomic E-state index is 12.1. The van der Waals surface area contributed by atoms with E-state index in [0.29, 0.717) is 11.5 Å². The van der Waals surface area contributed by atoms with Crippen LogP contribution in [-0.4, -0.2) is 37.0 Å². The summed E-state index contributed by atoms with van der Waals surface area (Å²) in [6, 6.07) is 7.25. The van der Waals surface area contributed by atoms with E-state index in [2.05, 4.69) is 43.6 Å². The Bertz CT molecular complexity index is 556. The molecule has 0 saturated carbocycles. The number of amides is 2. The van der Waals surface area contributed by atoms with Gasteiger partial charge in [-0.1, -0.05) is 12.1 Å². The molecule has 0 bridgehead atoms. The standard InChI is InChI=1S/C18H29N3O3/c1-17(2)10-13(11-18(3,4)21-17)20-16(22)19-12-24-15-9-7-6-8-14(15)23-5/h6-9,13,21H,10-12H2,1-5H3,(H2,19,20,22). The first kappa shape index (κ1) is 18.4. The van der Waals surface area contributed by atoms with Gasteiger partial charge in [0.2, 0.25) is 0 Å². The zero-order valence-electron chi connectivity index (χ0n) is 15.2. The lowest BCUT2D eigenvalue weighted by Crippen LogP contribution is -2.62. The fourth-order valence-corrected chi connectivity index (χ4v) is 3.58. The van der Waals surface area contributed by atoms with Crippen LogP contribution in [0.3, 0.4) is 0 Å². The molecule has 1 aromatic carbocycles. The van der Waals surface area contributed by atoms with E-state index >= 15 is 0 Å². The van der Waals surface area contributed by atoms with Crippen LogP contribution >= 0.6 is 0 Å². The molecule has 6 nitrogen and oxygen atoms in total. The number of carbonyl (C=O) groups excluding carboxylic acids is 1. The summed E-state index contributed by atoms with van der Waals surface area (Å²) in [6.45, 7) is 8.72. The lowest BCUT2D eigenvalue weighted by molar-refractivity contribution is 0.146. The fraction of sp³-hybridized carbons (Fsp3) is 0.611. The van der Waals surface area contributed by atoms with Gasteiger partial charge < -0.3 is 25.4 Å². The van der Waals surface area contributed by atoms with Crippen LogP contribution in [0.15, 0.2) is 24.3 Å². The molecule has 0 radical (unpaired) electrons. The number of hydrogen-bond acceptors (Lipinski definition) is 4. The molecule has 0 aliphatic carbocycles. The Kier molecular flexibility index (Phi) is 5.59. The third-order valence-corrected chi connectivity index (χ3v) is 4.05. The van der Waals surface area contributed by atoms with E-state index in [1.807, 2.05) is 18.2 Å². The van der Waals surface area contributed by atoms with Crippen LogP contribution < -0.4 is 25.4 Å². The van der Waals surface area contributed by atoms with Gasteiger partial charge in [0, 0.05) is 17.1 Å². The van der Waals surface area contributed by atoms with Crippen LogP contribution in [0.1, 0.15) is 40.5 Å². The Morgan fingerprint density at radius 2 is 1.75 bits per heavy atom. The number of nitrogens with one attached hydrogen (secondary N) is 3. The molecule has 0 unspecified atom stereocenters. The van der Waals surface area contributed by atoms with Crippen molar-refractivity contribution in [2.24, 2.45) is 0 Å². The summed E-state index contributed by atoms with van der Waals surface area (Å²) >= 11 is 0. The van der Waals surface area contributed by atoms with Gasteiger partial charge in [0.25, 0.3) is 0 Å². The second-order valence-electron chi connectivity index (χ2n) is 7.59. The van der Waals surface area contributed by atoms with Gasteiger partial charge in [-0.05, 0) is 52.7 Å². The third kappa shape index (κ3) is 5.30. The van der Waals surface area contributed by atoms with Crippen LogP contribution in [0.2, 0.25) is 0 Å². The highest BCUT2D eigenvalue weighted by Gasteiger charge is 2.38. The number of hydrogen-bond donors (Lipinski definition) is 3. The monoisotopic (exact) mass is 335 g/mol. The van der Waals surface area contributed by atoms with Crippen molar-refractivity contribution in [2.45, 2.75) is 57.7 Å². The van der Waals surface area contributed by atoms with Crippen LogP contribution in [0.25, 0.3) is 0 Å². The minimum atomic E-state index is -0.219. The van der Waals surface area contributed by atoms with Crippen molar-refractivity contribution in [3.8, 4) is 11.5 Å². The number of urea groups is 1. The second-order valence-corrected chi connectivity index (χ2v) is 7.59. The zero-order valence-corrected chi connectivity index (χ0v) is 15.2. The van der Waals surface area contributed by atoms with Crippen LogP contribution in [-0.2, 0) is 0 Å². The number of piperidine rings is 1. The molecule has 1 aromatic rings. The fourth-order valence-electron chi connectivity index (χ4n) is 3.58. The second kappa shape index (κ2) is 7.30. The van der Waals surface area contributed by atoms with E-state index in [0.717, 1.165) is 12.8 Å². The van der Waals surface area contributed by atoms with E-state index in [9.17, 15) is 4.79 Å². The van der Waals surface area contributed by atoms with Crippen LogP contribution in [0, 0.1) is 0 Å². The van der Waals surface area contributed by atoms with Gasteiger partial charge >= 0.3 is 6.03 Å². The predicted molar refractivity (Wildman–Crippen MR) is 94.5 cm³/mol. The highest BCUT2D eigenvalue weighted by atomic mass is 16.5. The summed E-state index contributed by atoms with van der Waals surface area (Å²) in [5, 5.41) is 9.38. The molecule has 3 N–H and O–H groups in total. The molecule has 1 fully saturated rings. The van der Waals surface area contributed by atoms with Crippen molar-refractivity contribution in [3.63, 3.8) is 0 Å². The molecule has 0 aromatic heterocycles. The molecule has 2 rings (SSSR count). The Hall–Kier alpha value is -1.95. The third-order valence-electron chi connectivity index (χ3n) is 4.05. The van der Waals surface area contributed by atoms with Gasteiger partial charge in [0.15, 0.2) is 18.2 Å². The van der Waals surface area contributed by atoms with Gasteiger partial charge in [0.1, 0.15) is 0 Å². The molecule has 0 spiro atoms. The summed E-state index contributed by atoms with van der Waals surface area (Å²) in [5.41, 5.74) is -0.0127. The van der Waals surface area contributed by atoms with E-state index in [1.165, 1.54) is 0 Å². The van der Waals surface area contributed by atoms with Gasteiger partial charge in [-0.25, -0.2) is 4.79 Å². The van der Waals surface area contributed by atoms with E-state index in [4.69, 9.17) is 9.47 Å². The molecule has 1 saturated heterocycles.